The van der Waals surface area contributed by atoms with Crippen LogP contribution in [0.5, 0.6) is 0 Å². The Balaban J connectivity index is 2.05. The van der Waals surface area contributed by atoms with E-state index in [1.54, 1.807) is 0 Å². The fourth-order valence-electron chi connectivity index (χ4n) is 1.80. The molecule has 3 N–H and O–H groups in total. The van der Waals surface area contributed by atoms with Crippen LogP contribution in [0.25, 0.3) is 0 Å². The first kappa shape index (κ1) is 11.6. The van der Waals surface area contributed by atoms with Crippen molar-refractivity contribution in [3.8, 4) is 0 Å². The molecule has 0 aliphatic carbocycles. The summed E-state index contributed by atoms with van der Waals surface area (Å²) in [4.78, 5) is 0. The van der Waals surface area contributed by atoms with Crippen LogP contribution in [0.3, 0.4) is 0 Å². The molecule has 0 radical (unpaired) electrons. The first-order chi connectivity index (χ1) is 8.27. The minimum Gasteiger partial charge on any atom is -0.324 e. The van der Waals surface area contributed by atoms with E-state index in [0.717, 1.165) is 11.1 Å². The Bertz CT molecular complexity index is 477. The Kier molecular flexibility index (Phi) is 3.68. The highest BCUT2D eigenvalue weighted by Crippen LogP contribution is 2.16. The summed E-state index contributed by atoms with van der Waals surface area (Å²) in [5.74, 6) is 0. The zero-order valence-corrected chi connectivity index (χ0v) is 9.64. The summed E-state index contributed by atoms with van der Waals surface area (Å²) in [6.07, 6.45) is 0.564. The lowest BCUT2D eigenvalue weighted by molar-refractivity contribution is 0.760. The number of hydrogen-bond acceptors (Lipinski definition) is 2. The van der Waals surface area contributed by atoms with Crippen LogP contribution in [0.1, 0.15) is 23.6 Å². The molecule has 0 amide bonds. The van der Waals surface area contributed by atoms with E-state index < -0.39 is 0 Å². The molecule has 0 aliphatic rings. The van der Waals surface area contributed by atoms with Gasteiger partial charge in [0.1, 0.15) is 0 Å². The van der Waals surface area contributed by atoms with E-state index in [0.29, 0.717) is 12.1 Å². The number of rotatable bonds is 4. The van der Waals surface area contributed by atoms with Gasteiger partial charge in [-0.3, -0.25) is 0 Å². The maximum absolute atomic E-state index is 8.03. The molecule has 2 rings (SSSR count). The van der Waals surface area contributed by atoms with Crippen molar-refractivity contribution in [1.29, 1.82) is 5.41 Å². The first-order valence-corrected chi connectivity index (χ1v) is 5.71. The van der Waals surface area contributed by atoms with Crippen LogP contribution >= 0.6 is 0 Å². The van der Waals surface area contributed by atoms with E-state index in [2.05, 4.69) is 0 Å². The Morgan fingerprint density at radius 2 is 1.47 bits per heavy atom. The molecule has 2 aromatic rings. The zero-order chi connectivity index (χ0) is 12.1. The van der Waals surface area contributed by atoms with Gasteiger partial charge in [-0.15, -0.1) is 0 Å². The molecule has 17 heavy (non-hydrogen) atoms. The third-order valence-electron chi connectivity index (χ3n) is 2.77. The largest absolute Gasteiger partial charge is 0.324 e. The van der Waals surface area contributed by atoms with Crippen molar-refractivity contribution in [1.82, 2.24) is 0 Å². The van der Waals surface area contributed by atoms with Gasteiger partial charge in [0.2, 0.25) is 0 Å². The lowest BCUT2D eigenvalue weighted by Gasteiger charge is -2.12. The maximum atomic E-state index is 8.03. The molecular weight excluding hydrogens is 208 g/mol. The van der Waals surface area contributed by atoms with Crippen molar-refractivity contribution < 1.29 is 0 Å². The second-order valence-electron chi connectivity index (χ2n) is 4.07. The molecule has 0 aromatic heterocycles. The molecule has 0 saturated carbocycles. The van der Waals surface area contributed by atoms with Gasteiger partial charge in [-0.05, 0) is 11.1 Å². The van der Waals surface area contributed by atoms with E-state index in [1.165, 1.54) is 0 Å². The van der Waals surface area contributed by atoms with Crippen LogP contribution in [-0.4, -0.2) is 5.71 Å². The molecule has 0 spiro atoms. The summed E-state index contributed by atoms with van der Waals surface area (Å²) in [5, 5.41) is 8.03. The average Bonchev–Trinajstić information content (AvgIpc) is 2.40. The quantitative estimate of drug-likeness (QED) is 0.770. The molecule has 1 atom stereocenters. The lowest BCUT2D eigenvalue weighted by Crippen LogP contribution is -2.15. The Morgan fingerprint density at radius 3 is 2.06 bits per heavy atom. The third kappa shape index (κ3) is 3.02. The van der Waals surface area contributed by atoms with Crippen LogP contribution in [0, 0.1) is 5.41 Å². The third-order valence-corrected chi connectivity index (χ3v) is 2.77. The summed E-state index contributed by atoms with van der Waals surface area (Å²) in [7, 11) is 0. The van der Waals surface area contributed by atoms with E-state index >= 15 is 0 Å². The first-order valence-electron chi connectivity index (χ1n) is 5.71. The molecule has 2 nitrogen and oxygen atoms in total. The molecule has 2 heteroatoms. The van der Waals surface area contributed by atoms with Gasteiger partial charge >= 0.3 is 0 Å². The van der Waals surface area contributed by atoms with E-state index in [9.17, 15) is 0 Å². The molecule has 0 aliphatic heterocycles. The average molecular weight is 224 g/mol. The monoisotopic (exact) mass is 224 g/mol. The van der Waals surface area contributed by atoms with Crippen LogP contribution in [0.2, 0.25) is 0 Å². The van der Waals surface area contributed by atoms with E-state index in [-0.39, 0.29) is 6.04 Å². The molecule has 2 aromatic carbocycles. The number of benzene rings is 2. The minimum atomic E-state index is -0.107. The van der Waals surface area contributed by atoms with Gasteiger partial charge in [0.05, 0.1) is 0 Å². The fourth-order valence-corrected chi connectivity index (χ4v) is 1.80. The van der Waals surface area contributed by atoms with Gasteiger partial charge < -0.3 is 11.1 Å². The number of nitrogens with two attached hydrogens (primary N) is 1. The van der Waals surface area contributed by atoms with Crippen molar-refractivity contribution in [3.05, 3.63) is 71.8 Å². The second kappa shape index (κ2) is 5.41. The highest BCUT2D eigenvalue weighted by molar-refractivity contribution is 5.98. The molecule has 86 valence electrons. The normalized spacial score (nSPS) is 12.1. The molecular formula is C15H16N2. The van der Waals surface area contributed by atoms with E-state index in [1.807, 2.05) is 60.7 Å². The van der Waals surface area contributed by atoms with Crippen LogP contribution < -0.4 is 5.73 Å². The van der Waals surface area contributed by atoms with Crippen molar-refractivity contribution in [3.63, 3.8) is 0 Å². The predicted octanol–water partition coefficient (Wildman–Crippen LogP) is 3.14. The molecule has 0 saturated heterocycles. The van der Waals surface area contributed by atoms with Crippen molar-refractivity contribution in [2.75, 3.05) is 0 Å². The number of hydrogen-bond donors (Lipinski definition) is 2. The Morgan fingerprint density at radius 1 is 0.941 bits per heavy atom. The molecule has 0 heterocycles. The topological polar surface area (TPSA) is 49.9 Å². The van der Waals surface area contributed by atoms with Crippen LogP contribution in [0.15, 0.2) is 60.7 Å². The Hall–Kier alpha value is -1.93. The van der Waals surface area contributed by atoms with Crippen LogP contribution in [-0.2, 0) is 0 Å². The fraction of sp³-hybridized carbons (Fsp3) is 0.133. The van der Waals surface area contributed by atoms with Crippen molar-refractivity contribution in [2.45, 2.75) is 12.5 Å². The molecule has 0 bridgehead atoms. The predicted molar refractivity (Wildman–Crippen MR) is 71.3 cm³/mol. The van der Waals surface area contributed by atoms with Gasteiger partial charge in [0, 0.05) is 18.2 Å². The SMILES string of the molecule is N=C(CC(N)c1ccccc1)c1ccccc1. The summed E-state index contributed by atoms with van der Waals surface area (Å²) in [6, 6.07) is 19.5. The minimum absolute atomic E-state index is 0.107. The lowest BCUT2D eigenvalue weighted by atomic mass is 9.98. The maximum Gasteiger partial charge on any atom is 0.0405 e. The highest BCUT2D eigenvalue weighted by atomic mass is 14.6. The van der Waals surface area contributed by atoms with Crippen molar-refractivity contribution >= 4 is 5.71 Å². The van der Waals surface area contributed by atoms with Crippen molar-refractivity contribution in [2.24, 2.45) is 5.73 Å². The Labute approximate surface area is 102 Å². The second-order valence-corrected chi connectivity index (χ2v) is 4.07. The van der Waals surface area contributed by atoms with Gasteiger partial charge in [0.15, 0.2) is 0 Å². The summed E-state index contributed by atoms with van der Waals surface area (Å²) in [6.45, 7) is 0. The van der Waals surface area contributed by atoms with Gasteiger partial charge in [0.25, 0.3) is 0 Å². The molecule has 1 unspecified atom stereocenters. The number of nitrogens with one attached hydrogen (secondary N) is 1. The van der Waals surface area contributed by atoms with Crippen LogP contribution in [0.4, 0.5) is 0 Å². The summed E-state index contributed by atoms with van der Waals surface area (Å²) < 4.78 is 0. The van der Waals surface area contributed by atoms with E-state index in [4.69, 9.17) is 11.1 Å². The standard InChI is InChI=1S/C15H16N2/c16-14(12-7-3-1-4-8-12)11-15(17)13-9-5-2-6-10-13/h1-10,14,17H,11,16H2. The summed E-state index contributed by atoms with van der Waals surface area (Å²) in [5.41, 5.74) is 8.70. The molecule has 0 fully saturated rings. The summed E-state index contributed by atoms with van der Waals surface area (Å²) >= 11 is 0. The van der Waals surface area contributed by atoms with Gasteiger partial charge in [-0.2, -0.15) is 0 Å². The smallest absolute Gasteiger partial charge is 0.0405 e. The van der Waals surface area contributed by atoms with Gasteiger partial charge in [-0.1, -0.05) is 60.7 Å². The zero-order valence-electron chi connectivity index (χ0n) is 9.64. The van der Waals surface area contributed by atoms with Gasteiger partial charge in [-0.25, -0.2) is 0 Å². The highest BCUT2D eigenvalue weighted by Gasteiger charge is 2.09.